The van der Waals surface area contributed by atoms with Crippen LogP contribution >= 0.6 is 34.8 Å². The number of hydrogen-bond acceptors (Lipinski definition) is 3. The summed E-state index contributed by atoms with van der Waals surface area (Å²) in [5, 5.41) is 7.28. The Labute approximate surface area is 159 Å². The molecule has 2 aromatic rings. The van der Waals surface area contributed by atoms with Gasteiger partial charge in [0, 0.05) is 11.4 Å². The highest BCUT2D eigenvalue weighted by Gasteiger charge is 2.37. The average Bonchev–Trinajstić information content (AvgIpc) is 2.55. The van der Waals surface area contributed by atoms with Gasteiger partial charge in [0.1, 0.15) is 0 Å². The number of carbonyl (C=O) groups is 2. The fourth-order valence-corrected chi connectivity index (χ4v) is 2.06. The van der Waals surface area contributed by atoms with Gasteiger partial charge in [-0.2, -0.15) is 0 Å². The topological polar surface area (TPSA) is 79.5 Å². The van der Waals surface area contributed by atoms with Gasteiger partial charge >= 0.3 is 12.1 Å². The van der Waals surface area contributed by atoms with Crippen molar-refractivity contribution >= 4 is 58.3 Å². The molecule has 132 valence electrons. The SMILES string of the molecule is O=C(Nc1ccccc1)NC(OC(=O)Nc1ccccc1)C(Cl)(Cl)Cl. The van der Waals surface area contributed by atoms with Crippen LogP contribution in [0.2, 0.25) is 0 Å². The van der Waals surface area contributed by atoms with Crippen molar-refractivity contribution in [3.8, 4) is 0 Å². The number of para-hydroxylation sites is 2. The third-order valence-electron chi connectivity index (χ3n) is 2.84. The van der Waals surface area contributed by atoms with Crippen molar-refractivity contribution in [2.24, 2.45) is 0 Å². The first kappa shape index (κ1) is 19.2. The van der Waals surface area contributed by atoms with Crippen molar-refractivity contribution in [3.63, 3.8) is 0 Å². The lowest BCUT2D eigenvalue weighted by atomic mass is 10.3. The van der Waals surface area contributed by atoms with Crippen molar-refractivity contribution in [1.82, 2.24) is 5.32 Å². The molecule has 0 spiro atoms. The van der Waals surface area contributed by atoms with Gasteiger partial charge in [-0.05, 0) is 24.3 Å². The van der Waals surface area contributed by atoms with Gasteiger partial charge in [0.25, 0.3) is 0 Å². The summed E-state index contributed by atoms with van der Waals surface area (Å²) < 4.78 is 2.94. The van der Waals surface area contributed by atoms with E-state index in [1.165, 1.54) is 0 Å². The summed E-state index contributed by atoms with van der Waals surface area (Å²) in [6.45, 7) is 0. The quantitative estimate of drug-likeness (QED) is 0.510. The van der Waals surface area contributed by atoms with Crippen LogP contribution in [-0.4, -0.2) is 22.1 Å². The Morgan fingerprint density at radius 2 is 1.32 bits per heavy atom. The molecule has 0 saturated heterocycles. The summed E-state index contributed by atoms with van der Waals surface area (Å²) in [4.78, 5) is 23.9. The highest BCUT2D eigenvalue weighted by molar-refractivity contribution is 6.68. The number of anilines is 2. The van der Waals surface area contributed by atoms with E-state index in [-0.39, 0.29) is 0 Å². The molecule has 1 unspecified atom stereocenters. The first-order valence-electron chi connectivity index (χ1n) is 7.06. The molecule has 0 fully saturated rings. The number of rotatable bonds is 4. The highest BCUT2D eigenvalue weighted by atomic mass is 35.6. The van der Waals surface area contributed by atoms with Crippen LogP contribution in [0.25, 0.3) is 0 Å². The minimum absolute atomic E-state index is 0.490. The molecule has 0 heterocycles. The van der Waals surface area contributed by atoms with E-state index in [0.717, 1.165) is 0 Å². The van der Waals surface area contributed by atoms with Gasteiger partial charge in [-0.15, -0.1) is 0 Å². The van der Waals surface area contributed by atoms with Crippen LogP contribution in [0.5, 0.6) is 0 Å². The number of carbonyl (C=O) groups excluding carboxylic acids is 2. The van der Waals surface area contributed by atoms with Gasteiger partial charge in [0.05, 0.1) is 0 Å². The number of hydrogen-bond donors (Lipinski definition) is 3. The van der Waals surface area contributed by atoms with Gasteiger partial charge < -0.3 is 10.1 Å². The van der Waals surface area contributed by atoms with Gasteiger partial charge in [0.2, 0.25) is 10.0 Å². The van der Waals surface area contributed by atoms with Crippen LogP contribution in [0.3, 0.4) is 0 Å². The van der Waals surface area contributed by atoms with E-state index < -0.39 is 22.1 Å². The average molecular weight is 403 g/mol. The maximum absolute atomic E-state index is 12.0. The third-order valence-corrected chi connectivity index (χ3v) is 3.43. The molecule has 0 aliphatic rings. The monoisotopic (exact) mass is 401 g/mol. The fraction of sp³-hybridized carbons (Fsp3) is 0.125. The molecule has 0 aliphatic heterocycles. The first-order chi connectivity index (χ1) is 11.8. The highest BCUT2D eigenvalue weighted by Crippen LogP contribution is 2.31. The zero-order valence-electron chi connectivity index (χ0n) is 12.7. The maximum atomic E-state index is 12.0. The van der Waals surface area contributed by atoms with Crippen LogP contribution in [0.1, 0.15) is 0 Å². The van der Waals surface area contributed by atoms with Crippen molar-refractivity contribution in [1.29, 1.82) is 0 Å². The summed E-state index contributed by atoms with van der Waals surface area (Å²) in [5.74, 6) is 0. The second kappa shape index (κ2) is 8.80. The molecule has 1 atom stereocenters. The molecule has 9 heteroatoms. The normalized spacial score (nSPS) is 12.0. The molecule has 2 rings (SSSR count). The van der Waals surface area contributed by atoms with E-state index in [1.54, 1.807) is 60.7 Å². The summed E-state index contributed by atoms with van der Waals surface area (Å²) in [6.07, 6.45) is -2.40. The van der Waals surface area contributed by atoms with E-state index in [9.17, 15) is 9.59 Å². The number of urea groups is 1. The Kier molecular flexibility index (Phi) is 6.75. The molecule has 25 heavy (non-hydrogen) atoms. The standard InChI is InChI=1S/C16H14Cl3N3O3/c17-16(18,19)13(22-14(23)20-11-7-3-1-4-8-11)25-15(24)21-12-9-5-2-6-10-12/h1-10,13H,(H,21,24)(H2,20,22,23). The smallest absolute Gasteiger partial charge is 0.413 e. The zero-order chi connectivity index (χ0) is 18.3. The molecule has 0 saturated carbocycles. The first-order valence-corrected chi connectivity index (χ1v) is 8.20. The van der Waals surface area contributed by atoms with Crippen molar-refractivity contribution < 1.29 is 14.3 Å². The molecular formula is C16H14Cl3N3O3. The molecule has 2 aromatic carbocycles. The summed E-state index contributed by atoms with van der Waals surface area (Å²) in [5.41, 5.74) is 1.01. The van der Waals surface area contributed by atoms with E-state index in [0.29, 0.717) is 11.4 Å². The van der Waals surface area contributed by atoms with Gasteiger partial charge in [-0.1, -0.05) is 71.2 Å². The second-order valence-electron chi connectivity index (χ2n) is 4.78. The van der Waals surface area contributed by atoms with Gasteiger partial charge in [-0.25, -0.2) is 9.59 Å². The summed E-state index contributed by atoms with van der Waals surface area (Å²) in [7, 11) is 0. The largest absolute Gasteiger partial charge is 0.421 e. The van der Waals surface area contributed by atoms with Crippen molar-refractivity contribution in [3.05, 3.63) is 60.7 Å². The predicted octanol–water partition coefficient (Wildman–Crippen LogP) is 4.75. The second-order valence-corrected chi connectivity index (χ2v) is 7.15. The van der Waals surface area contributed by atoms with Crippen LogP contribution in [0, 0.1) is 0 Å². The molecule has 0 bridgehead atoms. The van der Waals surface area contributed by atoms with E-state index >= 15 is 0 Å². The number of benzene rings is 2. The van der Waals surface area contributed by atoms with Gasteiger partial charge in [0.15, 0.2) is 0 Å². The van der Waals surface area contributed by atoms with Crippen LogP contribution in [-0.2, 0) is 4.74 Å². The lowest BCUT2D eigenvalue weighted by molar-refractivity contribution is 0.0985. The molecule has 0 radical (unpaired) electrons. The summed E-state index contributed by atoms with van der Waals surface area (Å²) >= 11 is 17.3. The van der Waals surface area contributed by atoms with E-state index in [4.69, 9.17) is 39.5 Å². The van der Waals surface area contributed by atoms with Crippen molar-refractivity contribution in [2.75, 3.05) is 10.6 Å². The number of amides is 3. The molecular weight excluding hydrogens is 389 g/mol. The minimum atomic E-state index is -2.07. The van der Waals surface area contributed by atoms with Crippen LogP contribution < -0.4 is 16.0 Å². The zero-order valence-corrected chi connectivity index (χ0v) is 15.0. The Bertz CT molecular complexity index is 653. The predicted molar refractivity (Wildman–Crippen MR) is 99.2 cm³/mol. The van der Waals surface area contributed by atoms with E-state index in [2.05, 4.69) is 16.0 Å². The van der Waals surface area contributed by atoms with Crippen LogP contribution in [0.15, 0.2) is 60.7 Å². The molecule has 0 aliphatic carbocycles. The molecule has 6 nitrogen and oxygen atoms in total. The fourth-order valence-electron chi connectivity index (χ4n) is 1.76. The molecule has 3 N–H and O–H groups in total. The number of halogens is 3. The van der Waals surface area contributed by atoms with Gasteiger partial charge in [-0.3, -0.25) is 10.6 Å². The Hall–Kier alpha value is -2.15. The Morgan fingerprint density at radius 1 is 0.840 bits per heavy atom. The van der Waals surface area contributed by atoms with E-state index in [1.807, 2.05) is 0 Å². The van der Waals surface area contributed by atoms with Crippen LogP contribution in [0.4, 0.5) is 21.0 Å². The number of nitrogens with one attached hydrogen (secondary N) is 3. The third kappa shape index (κ3) is 6.70. The Balaban J connectivity index is 1.96. The summed E-state index contributed by atoms with van der Waals surface area (Å²) in [6, 6.07) is 16.5. The van der Waals surface area contributed by atoms with Crippen molar-refractivity contribution in [2.45, 2.75) is 10.0 Å². The molecule has 0 aromatic heterocycles. The Morgan fingerprint density at radius 3 is 1.80 bits per heavy atom. The lowest BCUT2D eigenvalue weighted by Crippen LogP contribution is -2.48. The molecule has 3 amide bonds. The number of ether oxygens (including phenoxy) is 1. The maximum Gasteiger partial charge on any atom is 0.413 e. The minimum Gasteiger partial charge on any atom is -0.421 e. The number of alkyl halides is 3. The lowest BCUT2D eigenvalue weighted by Gasteiger charge is -2.25.